The molecule has 1 aromatic rings. The number of hydrogen-bond donors (Lipinski definition) is 2. The Hall–Kier alpha value is -1.35. The van der Waals surface area contributed by atoms with Crippen LogP contribution in [-0.4, -0.2) is 25.0 Å². The molecule has 1 aliphatic heterocycles. The first-order valence-corrected chi connectivity index (χ1v) is 6.74. The average molecular weight is 246 g/mol. The van der Waals surface area contributed by atoms with Gasteiger partial charge in [0.1, 0.15) is 0 Å². The zero-order valence-electron chi connectivity index (χ0n) is 11.1. The fraction of sp³-hybridized carbons (Fsp3) is 0.533. The number of rotatable bonds is 4. The highest BCUT2D eigenvalue weighted by Gasteiger charge is 2.29. The summed E-state index contributed by atoms with van der Waals surface area (Å²) in [7, 11) is 0. The van der Waals surface area contributed by atoms with Crippen LogP contribution in [0, 0.1) is 5.92 Å². The molecule has 1 aromatic carbocycles. The van der Waals surface area contributed by atoms with E-state index >= 15 is 0 Å². The highest BCUT2D eigenvalue weighted by atomic mass is 16.1. The van der Waals surface area contributed by atoms with E-state index in [-0.39, 0.29) is 11.8 Å². The average Bonchev–Trinajstić information content (AvgIpc) is 2.83. The summed E-state index contributed by atoms with van der Waals surface area (Å²) in [4.78, 5) is 12.0. The van der Waals surface area contributed by atoms with Crippen LogP contribution in [0.3, 0.4) is 0 Å². The van der Waals surface area contributed by atoms with E-state index in [2.05, 4.69) is 36.6 Å². The molecule has 2 N–H and O–H groups in total. The second-order valence-corrected chi connectivity index (χ2v) is 5.19. The molecule has 0 spiro atoms. The van der Waals surface area contributed by atoms with Crippen LogP contribution in [-0.2, 0) is 4.79 Å². The standard InChI is InChI=1S/C15H22N2O/c1-11(13-6-4-3-5-7-13)10-17-15(18)14-8-9-16-12(14)2/h3-7,11-12,14,16H,8-10H2,1-2H3,(H,17,18). The molecule has 3 heteroatoms. The van der Waals surface area contributed by atoms with Crippen molar-refractivity contribution in [2.45, 2.75) is 32.2 Å². The van der Waals surface area contributed by atoms with Gasteiger partial charge in [0, 0.05) is 12.6 Å². The van der Waals surface area contributed by atoms with Crippen molar-refractivity contribution in [3.63, 3.8) is 0 Å². The van der Waals surface area contributed by atoms with Crippen molar-refractivity contribution in [2.75, 3.05) is 13.1 Å². The molecule has 98 valence electrons. The molecule has 0 saturated carbocycles. The third kappa shape index (κ3) is 3.10. The van der Waals surface area contributed by atoms with Crippen LogP contribution in [0.5, 0.6) is 0 Å². The highest BCUT2D eigenvalue weighted by molar-refractivity contribution is 5.79. The van der Waals surface area contributed by atoms with Crippen LogP contribution in [0.1, 0.15) is 31.7 Å². The fourth-order valence-corrected chi connectivity index (χ4v) is 2.50. The molecule has 1 saturated heterocycles. The summed E-state index contributed by atoms with van der Waals surface area (Å²) in [5, 5.41) is 6.38. The van der Waals surface area contributed by atoms with Crippen LogP contribution in [0.4, 0.5) is 0 Å². The Bertz CT molecular complexity index is 391. The maximum Gasteiger partial charge on any atom is 0.224 e. The van der Waals surface area contributed by atoms with Crippen molar-refractivity contribution < 1.29 is 4.79 Å². The van der Waals surface area contributed by atoms with Gasteiger partial charge in [-0.2, -0.15) is 0 Å². The van der Waals surface area contributed by atoms with Crippen molar-refractivity contribution in [1.29, 1.82) is 0 Å². The van der Waals surface area contributed by atoms with Crippen LogP contribution >= 0.6 is 0 Å². The van der Waals surface area contributed by atoms with Gasteiger partial charge in [-0.25, -0.2) is 0 Å². The maximum absolute atomic E-state index is 12.0. The van der Waals surface area contributed by atoms with Crippen LogP contribution in [0.2, 0.25) is 0 Å². The van der Waals surface area contributed by atoms with E-state index in [1.54, 1.807) is 0 Å². The van der Waals surface area contributed by atoms with Gasteiger partial charge in [-0.3, -0.25) is 4.79 Å². The molecule has 3 unspecified atom stereocenters. The first-order valence-electron chi connectivity index (χ1n) is 6.74. The molecule has 3 atom stereocenters. The van der Waals surface area contributed by atoms with E-state index in [0.29, 0.717) is 18.5 Å². The predicted octanol–water partition coefficient (Wildman–Crippen LogP) is 1.90. The summed E-state index contributed by atoms with van der Waals surface area (Å²) in [6.45, 7) is 5.89. The minimum atomic E-state index is 0.132. The molecule has 1 fully saturated rings. The Morgan fingerprint density at radius 2 is 2.17 bits per heavy atom. The van der Waals surface area contributed by atoms with E-state index in [1.807, 2.05) is 18.2 Å². The number of benzene rings is 1. The van der Waals surface area contributed by atoms with E-state index in [9.17, 15) is 4.79 Å². The van der Waals surface area contributed by atoms with Gasteiger partial charge in [0.15, 0.2) is 0 Å². The molecule has 0 radical (unpaired) electrons. The Morgan fingerprint density at radius 1 is 1.44 bits per heavy atom. The summed E-state index contributed by atoms with van der Waals surface area (Å²) in [5.41, 5.74) is 1.27. The summed E-state index contributed by atoms with van der Waals surface area (Å²) in [6.07, 6.45) is 0.951. The zero-order valence-corrected chi connectivity index (χ0v) is 11.1. The Kier molecular flexibility index (Phi) is 4.37. The van der Waals surface area contributed by atoms with E-state index in [0.717, 1.165) is 13.0 Å². The molecule has 1 amide bonds. The van der Waals surface area contributed by atoms with Gasteiger partial charge in [0.2, 0.25) is 5.91 Å². The number of hydrogen-bond acceptors (Lipinski definition) is 2. The topological polar surface area (TPSA) is 41.1 Å². The number of amides is 1. The Balaban J connectivity index is 1.83. The first kappa shape index (κ1) is 13.1. The van der Waals surface area contributed by atoms with Crippen molar-refractivity contribution in [3.8, 4) is 0 Å². The summed E-state index contributed by atoms with van der Waals surface area (Å²) < 4.78 is 0. The normalized spacial score (nSPS) is 24.8. The molecule has 1 aliphatic rings. The molecular formula is C15H22N2O. The highest BCUT2D eigenvalue weighted by Crippen LogP contribution is 2.17. The van der Waals surface area contributed by atoms with Gasteiger partial charge in [-0.1, -0.05) is 37.3 Å². The Labute approximate surface area is 109 Å². The van der Waals surface area contributed by atoms with Crippen molar-refractivity contribution in [1.82, 2.24) is 10.6 Å². The molecule has 0 aromatic heterocycles. The lowest BCUT2D eigenvalue weighted by molar-refractivity contribution is -0.125. The second kappa shape index (κ2) is 6.01. The third-order valence-electron chi connectivity index (χ3n) is 3.81. The quantitative estimate of drug-likeness (QED) is 0.852. The second-order valence-electron chi connectivity index (χ2n) is 5.19. The summed E-state index contributed by atoms with van der Waals surface area (Å²) in [5.74, 6) is 0.683. The van der Waals surface area contributed by atoms with Gasteiger partial charge < -0.3 is 10.6 Å². The van der Waals surface area contributed by atoms with Crippen LogP contribution < -0.4 is 10.6 Å². The minimum Gasteiger partial charge on any atom is -0.355 e. The first-order chi connectivity index (χ1) is 8.68. The molecule has 3 nitrogen and oxygen atoms in total. The summed E-state index contributed by atoms with van der Waals surface area (Å²) >= 11 is 0. The van der Waals surface area contributed by atoms with Gasteiger partial charge in [0.25, 0.3) is 0 Å². The lowest BCUT2D eigenvalue weighted by atomic mass is 9.99. The molecule has 0 bridgehead atoms. The Morgan fingerprint density at radius 3 is 2.78 bits per heavy atom. The van der Waals surface area contributed by atoms with E-state index in [4.69, 9.17) is 0 Å². The smallest absolute Gasteiger partial charge is 0.224 e. The predicted molar refractivity (Wildman–Crippen MR) is 73.4 cm³/mol. The number of carbonyl (C=O) groups excluding carboxylic acids is 1. The lowest BCUT2D eigenvalue weighted by Crippen LogP contribution is -2.38. The largest absolute Gasteiger partial charge is 0.355 e. The molecule has 18 heavy (non-hydrogen) atoms. The SMILES string of the molecule is CC(CNC(=O)C1CCNC1C)c1ccccc1. The molecule has 0 aliphatic carbocycles. The van der Waals surface area contributed by atoms with Crippen molar-refractivity contribution >= 4 is 5.91 Å². The van der Waals surface area contributed by atoms with Crippen LogP contribution in [0.25, 0.3) is 0 Å². The van der Waals surface area contributed by atoms with Gasteiger partial charge in [0.05, 0.1) is 5.92 Å². The van der Waals surface area contributed by atoms with E-state index < -0.39 is 0 Å². The van der Waals surface area contributed by atoms with Crippen molar-refractivity contribution in [3.05, 3.63) is 35.9 Å². The van der Waals surface area contributed by atoms with Crippen LogP contribution in [0.15, 0.2) is 30.3 Å². The molecular weight excluding hydrogens is 224 g/mol. The maximum atomic E-state index is 12.0. The van der Waals surface area contributed by atoms with Gasteiger partial charge in [-0.05, 0) is 31.4 Å². The lowest BCUT2D eigenvalue weighted by Gasteiger charge is -2.17. The van der Waals surface area contributed by atoms with Gasteiger partial charge >= 0.3 is 0 Å². The third-order valence-corrected chi connectivity index (χ3v) is 3.81. The molecule has 2 rings (SSSR count). The zero-order chi connectivity index (χ0) is 13.0. The monoisotopic (exact) mass is 246 g/mol. The number of carbonyl (C=O) groups is 1. The van der Waals surface area contributed by atoms with E-state index in [1.165, 1.54) is 5.56 Å². The number of nitrogens with one attached hydrogen (secondary N) is 2. The minimum absolute atomic E-state index is 0.132. The summed E-state index contributed by atoms with van der Waals surface area (Å²) in [6, 6.07) is 10.6. The molecule has 1 heterocycles. The van der Waals surface area contributed by atoms with Gasteiger partial charge in [-0.15, -0.1) is 0 Å². The van der Waals surface area contributed by atoms with Crippen molar-refractivity contribution in [2.24, 2.45) is 5.92 Å². The fourth-order valence-electron chi connectivity index (χ4n) is 2.50.